The van der Waals surface area contributed by atoms with Gasteiger partial charge in [0.1, 0.15) is 0 Å². The van der Waals surface area contributed by atoms with Crippen LogP contribution in [0.3, 0.4) is 0 Å². The van der Waals surface area contributed by atoms with Gasteiger partial charge in [-0.3, -0.25) is 4.79 Å². The summed E-state index contributed by atoms with van der Waals surface area (Å²) < 4.78 is 16.7. The maximum absolute atomic E-state index is 12.9. The molecule has 1 aliphatic heterocycles. The molecule has 0 atom stereocenters. The molecule has 1 amide bonds. The maximum Gasteiger partial charge on any atom is 0.251 e. The first-order chi connectivity index (χ1) is 14.2. The predicted molar refractivity (Wildman–Crippen MR) is 116 cm³/mol. The SMILES string of the molecule is CCOc1ccc(C(=O)NCC2(Sc3ccccc3)CCOCC2)cc1OCC. The Morgan fingerprint density at radius 1 is 1.03 bits per heavy atom. The number of amides is 1. The Hall–Kier alpha value is -2.18. The average molecular weight is 416 g/mol. The number of benzene rings is 2. The molecule has 2 aromatic rings. The van der Waals surface area contributed by atoms with E-state index in [1.165, 1.54) is 4.90 Å². The third kappa shape index (κ3) is 5.90. The molecule has 1 N–H and O–H groups in total. The maximum atomic E-state index is 12.9. The predicted octanol–water partition coefficient (Wildman–Crippen LogP) is 4.56. The number of carbonyl (C=O) groups is 1. The van der Waals surface area contributed by atoms with Gasteiger partial charge in [0, 0.05) is 35.0 Å². The van der Waals surface area contributed by atoms with E-state index in [0.29, 0.717) is 50.0 Å². The van der Waals surface area contributed by atoms with Gasteiger partial charge in [0.15, 0.2) is 11.5 Å². The number of rotatable bonds is 9. The second kappa shape index (κ2) is 10.6. The number of ether oxygens (including phenoxy) is 3. The Bertz CT molecular complexity index is 791. The summed E-state index contributed by atoms with van der Waals surface area (Å²) in [7, 11) is 0. The number of hydrogen-bond donors (Lipinski definition) is 1. The molecule has 0 aliphatic carbocycles. The van der Waals surface area contributed by atoms with Gasteiger partial charge in [-0.1, -0.05) is 18.2 Å². The minimum absolute atomic E-state index is 0.0662. The summed E-state index contributed by atoms with van der Waals surface area (Å²) in [5, 5.41) is 3.14. The van der Waals surface area contributed by atoms with Crippen molar-refractivity contribution in [2.24, 2.45) is 0 Å². The molecule has 3 rings (SSSR count). The lowest BCUT2D eigenvalue weighted by Crippen LogP contribution is -2.44. The van der Waals surface area contributed by atoms with E-state index in [-0.39, 0.29) is 10.7 Å². The van der Waals surface area contributed by atoms with E-state index in [9.17, 15) is 4.79 Å². The summed E-state index contributed by atoms with van der Waals surface area (Å²) in [4.78, 5) is 14.1. The van der Waals surface area contributed by atoms with Gasteiger partial charge < -0.3 is 19.5 Å². The summed E-state index contributed by atoms with van der Waals surface area (Å²) in [6.45, 7) is 6.92. The molecule has 0 spiro atoms. The molecule has 1 heterocycles. The second-order valence-corrected chi connectivity index (χ2v) is 8.46. The molecule has 1 fully saturated rings. The molecule has 0 bridgehead atoms. The van der Waals surface area contributed by atoms with Crippen molar-refractivity contribution in [2.75, 3.05) is 33.0 Å². The molecule has 0 radical (unpaired) electrons. The van der Waals surface area contributed by atoms with Crippen LogP contribution in [0.1, 0.15) is 37.0 Å². The smallest absolute Gasteiger partial charge is 0.251 e. The number of carbonyl (C=O) groups excluding carboxylic acids is 1. The van der Waals surface area contributed by atoms with E-state index in [1.807, 2.05) is 43.8 Å². The van der Waals surface area contributed by atoms with Gasteiger partial charge in [0.25, 0.3) is 5.91 Å². The molecule has 0 aromatic heterocycles. The molecule has 156 valence electrons. The van der Waals surface area contributed by atoms with E-state index in [0.717, 1.165) is 12.8 Å². The molecule has 29 heavy (non-hydrogen) atoms. The normalized spacial score (nSPS) is 15.5. The zero-order valence-corrected chi connectivity index (χ0v) is 17.9. The van der Waals surface area contributed by atoms with Crippen LogP contribution in [0.4, 0.5) is 0 Å². The van der Waals surface area contributed by atoms with Crippen LogP contribution in [-0.2, 0) is 4.74 Å². The third-order valence-electron chi connectivity index (χ3n) is 4.86. The number of nitrogens with one attached hydrogen (secondary N) is 1. The Morgan fingerprint density at radius 2 is 1.72 bits per heavy atom. The molecule has 0 unspecified atom stereocenters. The van der Waals surface area contributed by atoms with Gasteiger partial charge >= 0.3 is 0 Å². The number of hydrogen-bond acceptors (Lipinski definition) is 5. The van der Waals surface area contributed by atoms with Crippen molar-refractivity contribution in [3.63, 3.8) is 0 Å². The average Bonchev–Trinajstić information content (AvgIpc) is 2.75. The largest absolute Gasteiger partial charge is 0.490 e. The minimum atomic E-state index is -0.103. The first-order valence-corrected chi connectivity index (χ1v) is 11.0. The topological polar surface area (TPSA) is 56.8 Å². The molecular weight excluding hydrogens is 386 g/mol. The highest BCUT2D eigenvalue weighted by molar-refractivity contribution is 8.00. The van der Waals surface area contributed by atoms with Gasteiger partial charge in [-0.2, -0.15) is 0 Å². The van der Waals surface area contributed by atoms with Crippen molar-refractivity contribution < 1.29 is 19.0 Å². The highest BCUT2D eigenvalue weighted by Gasteiger charge is 2.34. The fraction of sp³-hybridized carbons (Fsp3) is 0.435. The van der Waals surface area contributed by atoms with Crippen LogP contribution >= 0.6 is 11.8 Å². The standard InChI is InChI=1S/C23H29NO4S/c1-3-27-20-11-10-18(16-21(20)28-4-2)22(25)24-17-23(12-14-26-15-13-23)29-19-8-6-5-7-9-19/h5-11,16H,3-4,12-15,17H2,1-2H3,(H,24,25). The first-order valence-electron chi connectivity index (χ1n) is 10.2. The molecule has 2 aromatic carbocycles. The number of thioether (sulfide) groups is 1. The fourth-order valence-corrected chi connectivity index (χ4v) is 4.64. The zero-order chi connectivity index (χ0) is 20.5. The van der Waals surface area contributed by atoms with Crippen molar-refractivity contribution >= 4 is 17.7 Å². The summed E-state index contributed by atoms with van der Waals surface area (Å²) >= 11 is 1.83. The van der Waals surface area contributed by atoms with Crippen LogP contribution in [0.15, 0.2) is 53.4 Å². The highest BCUT2D eigenvalue weighted by atomic mass is 32.2. The van der Waals surface area contributed by atoms with E-state index in [4.69, 9.17) is 14.2 Å². The van der Waals surface area contributed by atoms with Crippen molar-refractivity contribution in [3.05, 3.63) is 54.1 Å². The lowest BCUT2D eigenvalue weighted by molar-refractivity contribution is 0.0741. The second-order valence-electron chi connectivity index (χ2n) is 6.92. The summed E-state index contributed by atoms with van der Waals surface area (Å²) in [6, 6.07) is 15.7. The van der Waals surface area contributed by atoms with Crippen LogP contribution in [-0.4, -0.2) is 43.6 Å². The van der Waals surface area contributed by atoms with Crippen molar-refractivity contribution in [2.45, 2.75) is 36.3 Å². The van der Waals surface area contributed by atoms with Gasteiger partial charge in [-0.15, -0.1) is 11.8 Å². The van der Waals surface area contributed by atoms with Crippen molar-refractivity contribution in [1.82, 2.24) is 5.32 Å². The Morgan fingerprint density at radius 3 is 2.41 bits per heavy atom. The van der Waals surface area contributed by atoms with E-state index >= 15 is 0 Å². The molecule has 6 heteroatoms. The van der Waals surface area contributed by atoms with Gasteiger partial charge in [-0.25, -0.2) is 0 Å². The summed E-state index contributed by atoms with van der Waals surface area (Å²) in [5.41, 5.74) is 0.573. The van der Waals surface area contributed by atoms with Gasteiger partial charge in [0.05, 0.1) is 13.2 Å². The molecule has 1 saturated heterocycles. The van der Waals surface area contributed by atoms with Crippen LogP contribution < -0.4 is 14.8 Å². The monoisotopic (exact) mass is 415 g/mol. The van der Waals surface area contributed by atoms with Crippen LogP contribution in [0, 0.1) is 0 Å². The Kier molecular flexibility index (Phi) is 7.83. The van der Waals surface area contributed by atoms with E-state index in [1.54, 1.807) is 18.2 Å². The Balaban J connectivity index is 1.70. The molecule has 1 aliphatic rings. The zero-order valence-electron chi connectivity index (χ0n) is 17.1. The van der Waals surface area contributed by atoms with Crippen LogP contribution in [0.2, 0.25) is 0 Å². The summed E-state index contributed by atoms with van der Waals surface area (Å²) in [5.74, 6) is 1.15. The van der Waals surface area contributed by atoms with E-state index < -0.39 is 0 Å². The van der Waals surface area contributed by atoms with Crippen molar-refractivity contribution in [1.29, 1.82) is 0 Å². The Labute approximate surface area is 177 Å². The highest BCUT2D eigenvalue weighted by Crippen LogP contribution is 2.40. The molecule has 0 saturated carbocycles. The quantitative estimate of drug-likeness (QED) is 0.651. The van der Waals surface area contributed by atoms with E-state index in [2.05, 4.69) is 17.4 Å². The lowest BCUT2D eigenvalue weighted by atomic mass is 9.99. The van der Waals surface area contributed by atoms with Crippen molar-refractivity contribution in [3.8, 4) is 11.5 Å². The van der Waals surface area contributed by atoms with Crippen LogP contribution in [0.5, 0.6) is 11.5 Å². The fourth-order valence-electron chi connectivity index (χ4n) is 3.33. The lowest BCUT2D eigenvalue weighted by Gasteiger charge is -2.36. The molecule has 5 nitrogen and oxygen atoms in total. The minimum Gasteiger partial charge on any atom is -0.490 e. The molecular formula is C23H29NO4S. The van der Waals surface area contributed by atoms with Gasteiger partial charge in [-0.05, 0) is 57.0 Å². The summed E-state index contributed by atoms with van der Waals surface area (Å²) in [6.07, 6.45) is 1.81. The first kappa shape index (κ1) is 21.5. The van der Waals surface area contributed by atoms with Crippen LogP contribution in [0.25, 0.3) is 0 Å². The van der Waals surface area contributed by atoms with Gasteiger partial charge in [0.2, 0.25) is 0 Å². The third-order valence-corrected chi connectivity index (χ3v) is 6.35.